The van der Waals surface area contributed by atoms with Crippen LogP contribution in [0.3, 0.4) is 0 Å². The van der Waals surface area contributed by atoms with Gasteiger partial charge in [-0.15, -0.1) is 0 Å². The minimum atomic E-state index is -0.462. The zero-order valence-electron chi connectivity index (χ0n) is 10.7. The second-order valence-corrected chi connectivity index (χ2v) is 6.31. The Balaban J connectivity index is 1.62. The second-order valence-electron chi connectivity index (χ2n) is 5.39. The number of hydrogen-bond donors (Lipinski definition) is 0. The highest BCUT2D eigenvalue weighted by Gasteiger charge is 2.31. The Labute approximate surface area is 120 Å². The fourth-order valence-corrected chi connectivity index (χ4v) is 3.08. The molecule has 1 saturated carbocycles. The second kappa shape index (κ2) is 5.46. The van der Waals surface area contributed by atoms with Crippen LogP contribution < -0.4 is 0 Å². The van der Waals surface area contributed by atoms with E-state index in [1.54, 1.807) is 0 Å². The van der Waals surface area contributed by atoms with Gasteiger partial charge in [0.25, 0.3) is 0 Å². The Bertz CT molecular complexity index is 446. The molecular weight excluding hydrogens is 314 g/mol. The van der Waals surface area contributed by atoms with Gasteiger partial charge >= 0.3 is 0 Å². The number of hydrogen-bond acceptors (Lipinski definition) is 2. The van der Waals surface area contributed by atoms with Gasteiger partial charge < -0.3 is 0 Å². The molecule has 0 bridgehead atoms. The van der Waals surface area contributed by atoms with E-state index >= 15 is 0 Å². The lowest BCUT2D eigenvalue weighted by Crippen LogP contribution is -2.46. The summed E-state index contributed by atoms with van der Waals surface area (Å²) in [5.74, 6) is -0.923. The number of benzene rings is 1. The van der Waals surface area contributed by atoms with Crippen LogP contribution in [0.2, 0.25) is 0 Å². The lowest BCUT2D eigenvalue weighted by atomic mass is 10.1. The van der Waals surface area contributed by atoms with Crippen molar-refractivity contribution < 1.29 is 8.78 Å². The van der Waals surface area contributed by atoms with Crippen molar-refractivity contribution in [2.45, 2.75) is 25.4 Å². The standard InChI is InChI=1S/C14H17BrF2N2/c15-10-7-13(16)12(14(17)8-10)9-18-3-5-19(6-4-18)11-1-2-11/h7-8,11H,1-6,9H2. The topological polar surface area (TPSA) is 6.48 Å². The summed E-state index contributed by atoms with van der Waals surface area (Å²) in [6, 6.07) is 3.45. The summed E-state index contributed by atoms with van der Waals surface area (Å²) in [5, 5.41) is 0. The Morgan fingerprint density at radius 3 is 2.16 bits per heavy atom. The first-order chi connectivity index (χ1) is 9.13. The van der Waals surface area contributed by atoms with E-state index in [1.807, 2.05) is 0 Å². The van der Waals surface area contributed by atoms with Crippen molar-refractivity contribution in [3.63, 3.8) is 0 Å². The fourth-order valence-electron chi connectivity index (χ4n) is 2.67. The highest BCUT2D eigenvalue weighted by Crippen LogP contribution is 2.28. The number of halogens is 3. The molecule has 1 aromatic rings. The van der Waals surface area contributed by atoms with Gasteiger partial charge in [0.2, 0.25) is 0 Å². The third-order valence-electron chi connectivity index (χ3n) is 3.96. The van der Waals surface area contributed by atoms with Crippen molar-refractivity contribution in [3.05, 3.63) is 33.8 Å². The van der Waals surface area contributed by atoms with Crippen molar-refractivity contribution in [1.29, 1.82) is 0 Å². The van der Waals surface area contributed by atoms with Gasteiger partial charge in [-0.25, -0.2) is 8.78 Å². The predicted octanol–water partition coefficient (Wildman–Crippen LogP) is 3.01. The Hall–Kier alpha value is -0.520. The molecule has 1 aliphatic heterocycles. The van der Waals surface area contributed by atoms with E-state index in [0.717, 1.165) is 32.2 Å². The molecule has 1 aliphatic carbocycles. The lowest BCUT2D eigenvalue weighted by molar-refractivity contribution is 0.119. The maximum Gasteiger partial charge on any atom is 0.131 e. The van der Waals surface area contributed by atoms with Crippen molar-refractivity contribution >= 4 is 15.9 Å². The SMILES string of the molecule is Fc1cc(Br)cc(F)c1CN1CCN(C2CC2)CC1. The fraction of sp³-hybridized carbons (Fsp3) is 0.571. The van der Waals surface area contributed by atoms with E-state index in [9.17, 15) is 8.78 Å². The average Bonchev–Trinajstić information content (AvgIpc) is 3.19. The summed E-state index contributed by atoms with van der Waals surface area (Å²) in [6.45, 7) is 4.19. The van der Waals surface area contributed by atoms with Crippen LogP contribution in [0.5, 0.6) is 0 Å². The van der Waals surface area contributed by atoms with Gasteiger partial charge in [0.05, 0.1) is 0 Å². The summed E-state index contributed by atoms with van der Waals surface area (Å²) in [6.07, 6.45) is 2.63. The normalized spacial score (nSPS) is 21.8. The summed E-state index contributed by atoms with van der Waals surface area (Å²) < 4.78 is 28.0. The van der Waals surface area contributed by atoms with Crippen LogP contribution in [0.4, 0.5) is 8.78 Å². The molecule has 5 heteroatoms. The van der Waals surface area contributed by atoms with Gasteiger partial charge in [-0.1, -0.05) is 15.9 Å². The van der Waals surface area contributed by atoms with Crippen molar-refractivity contribution in [2.24, 2.45) is 0 Å². The minimum Gasteiger partial charge on any atom is -0.298 e. The molecule has 0 spiro atoms. The molecule has 0 radical (unpaired) electrons. The summed E-state index contributed by atoms with van der Waals surface area (Å²) >= 11 is 3.10. The number of rotatable bonds is 3. The molecule has 104 valence electrons. The zero-order valence-corrected chi connectivity index (χ0v) is 12.3. The molecule has 0 amide bonds. The zero-order chi connectivity index (χ0) is 13.4. The van der Waals surface area contributed by atoms with E-state index in [-0.39, 0.29) is 5.56 Å². The van der Waals surface area contributed by atoms with Crippen LogP contribution in [0, 0.1) is 11.6 Å². The van der Waals surface area contributed by atoms with Crippen LogP contribution in [0.25, 0.3) is 0 Å². The predicted molar refractivity (Wildman–Crippen MR) is 73.9 cm³/mol. The first-order valence-electron chi connectivity index (χ1n) is 6.73. The van der Waals surface area contributed by atoms with Crippen LogP contribution in [0.1, 0.15) is 18.4 Å². The van der Waals surface area contributed by atoms with Crippen LogP contribution in [-0.4, -0.2) is 42.0 Å². The molecule has 2 nitrogen and oxygen atoms in total. The van der Waals surface area contributed by atoms with E-state index < -0.39 is 11.6 Å². The summed E-state index contributed by atoms with van der Waals surface area (Å²) in [4.78, 5) is 4.62. The van der Waals surface area contributed by atoms with Gasteiger partial charge in [0.15, 0.2) is 0 Å². The third kappa shape index (κ3) is 3.15. The highest BCUT2D eigenvalue weighted by atomic mass is 79.9. The molecule has 0 N–H and O–H groups in total. The largest absolute Gasteiger partial charge is 0.298 e. The number of nitrogens with zero attached hydrogens (tertiary/aromatic N) is 2. The Morgan fingerprint density at radius 1 is 1.05 bits per heavy atom. The van der Waals surface area contributed by atoms with Gasteiger partial charge in [0.1, 0.15) is 11.6 Å². The molecule has 19 heavy (non-hydrogen) atoms. The number of piperazine rings is 1. The van der Waals surface area contributed by atoms with Crippen LogP contribution >= 0.6 is 15.9 Å². The van der Waals surface area contributed by atoms with E-state index in [4.69, 9.17) is 0 Å². The first-order valence-corrected chi connectivity index (χ1v) is 7.52. The van der Waals surface area contributed by atoms with Crippen LogP contribution in [-0.2, 0) is 6.54 Å². The third-order valence-corrected chi connectivity index (χ3v) is 4.42. The monoisotopic (exact) mass is 330 g/mol. The molecular formula is C14H17BrF2N2. The first kappa shape index (κ1) is 13.5. The molecule has 1 heterocycles. The maximum atomic E-state index is 13.8. The summed E-state index contributed by atoms with van der Waals surface area (Å²) in [7, 11) is 0. The van der Waals surface area contributed by atoms with Crippen LogP contribution in [0.15, 0.2) is 16.6 Å². The van der Waals surface area contributed by atoms with E-state index in [0.29, 0.717) is 11.0 Å². The quantitative estimate of drug-likeness (QED) is 0.840. The molecule has 1 saturated heterocycles. The Morgan fingerprint density at radius 2 is 1.63 bits per heavy atom. The smallest absolute Gasteiger partial charge is 0.131 e. The molecule has 0 atom stereocenters. The molecule has 2 aliphatic rings. The molecule has 3 rings (SSSR count). The van der Waals surface area contributed by atoms with Gasteiger partial charge in [-0.2, -0.15) is 0 Å². The highest BCUT2D eigenvalue weighted by molar-refractivity contribution is 9.10. The molecule has 1 aromatic carbocycles. The van der Waals surface area contributed by atoms with Crippen molar-refractivity contribution in [3.8, 4) is 0 Å². The molecule has 0 aromatic heterocycles. The van der Waals surface area contributed by atoms with Gasteiger partial charge in [-0.3, -0.25) is 9.80 Å². The van der Waals surface area contributed by atoms with Gasteiger partial charge in [0, 0.05) is 48.8 Å². The van der Waals surface area contributed by atoms with Crippen molar-refractivity contribution in [2.75, 3.05) is 26.2 Å². The minimum absolute atomic E-state index is 0.183. The molecule has 0 unspecified atom stereocenters. The average molecular weight is 331 g/mol. The Kier molecular flexibility index (Phi) is 3.87. The molecule has 2 fully saturated rings. The lowest BCUT2D eigenvalue weighted by Gasteiger charge is -2.34. The van der Waals surface area contributed by atoms with E-state index in [2.05, 4.69) is 25.7 Å². The maximum absolute atomic E-state index is 13.8. The summed E-state index contributed by atoms with van der Waals surface area (Å²) in [5.41, 5.74) is 0.183. The van der Waals surface area contributed by atoms with E-state index in [1.165, 1.54) is 25.0 Å². The van der Waals surface area contributed by atoms with Crippen molar-refractivity contribution in [1.82, 2.24) is 9.80 Å². The van der Waals surface area contributed by atoms with Gasteiger partial charge in [-0.05, 0) is 25.0 Å².